The third-order valence-electron chi connectivity index (χ3n) is 2.16. The lowest BCUT2D eigenvalue weighted by molar-refractivity contribution is -0.123. The second-order valence-corrected chi connectivity index (χ2v) is 4.27. The number of amides is 1. The number of carbonyl (C=O) groups excluding carboxylic acids is 1. The van der Waals surface area contributed by atoms with E-state index in [1.165, 1.54) is 0 Å². The molecule has 4 heteroatoms. The van der Waals surface area contributed by atoms with E-state index in [-0.39, 0.29) is 19.1 Å². The molecule has 0 saturated heterocycles. The van der Waals surface area contributed by atoms with Crippen molar-refractivity contribution in [3.8, 4) is 5.75 Å². The average molecular weight is 237 g/mol. The number of aryl methyl sites for hydroxylation is 2. The maximum absolute atomic E-state index is 11.3. The van der Waals surface area contributed by atoms with Crippen LogP contribution in [0.15, 0.2) is 18.2 Å². The van der Waals surface area contributed by atoms with E-state index in [1.54, 1.807) is 6.92 Å². The van der Waals surface area contributed by atoms with Gasteiger partial charge in [0.2, 0.25) is 0 Å². The molecular weight excluding hydrogens is 218 g/mol. The molecule has 1 atom stereocenters. The Bertz CT molecular complexity index is 368. The van der Waals surface area contributed by atoms with Gasteiger partial charge in [0.15, 0.2) is 6.61 Å². The first-order chi connectivity index (χ1) is 7.97. The van der Waals surface area contributed by atoms with Gasteiger partial charge in [0, 0.05) is 6.54 Å². The van der Waals surface area contributed by atoms with Gasteiger partial charge in [0.05, 0.1) is 6.10 Å². The molecule has 0 spiro atoms. The van der Waals surface area contributed by atoms with Gasteiger partial charge < -0.3 is 15.2 Å². The molecule has 94 valence electrons. The summed E-state index contributed by atoms with van der Waals surface area (Å²) in [6.45, 7) is 5.79. The van der Waals surface area contributed by atoms with Gasteiger partial charge in [-0.3, -0.25) is 4.79 Å². The van der Waals surface area contributed by atoms with Gasteiger partial charge in [-0.2, -0.15) is 0 Å². The second kappa shape index (κ2) is 6.25. The van der Waals surface area contributed by atoms with Gasteiger partial charge in [0.25, 0.3) is 5.91 Å². The van der Waals surface area contributed by atoms with E-state index >= 15 is 0 Å². The Morgan fingerprint density at radius 2 is 1.94 bits per heavy atom. The Kier molecular flexibility index (Phi) is 4.97. The van der Waals surface area contributed by atoms with E-state index in [9.17, 15) is 4.79 Å². The molecule has 4 nitrogen and oxygen atoms in total. The van der Waals surface area contributed by atoms with E-state index in [4.69, 9.17) is 9.84 Å². The predicted molar refractivity (Wildman–Crippen MR) is 66.1 cm³/mol. The third-order valence-corrected chi connectivity index (χ3v) is 2.16. The number of ether oxygens (including phenoxy) is 1. The van der Waals surface area contributed by atoms with E-state index < -0.39 is 6.10 Å². The molecule has 0 radical (unpaired) electrons. The molecule has 1 rings (SSSR count). The summed E-state index contributed by atoms with van der Waals surface area (Å²) >= 11 is 0. The van der Waals surface area contributed by atoms with Crippen LogP contribution in [0.25, 0.3) is 0 Å². The summed E-state index contributed by atoms with van der Waals surface area (Å²) in [6.07, 6.45) is -0.542. The highest BCUT2D eigenvalue weighted by Crippen LogP contribution is 2.15. The Hall–Kier alpha value is -1.55. The molecule has 0 saturated carbocycles. The molecule has 1 amide bonds. The zero-order valence-electron chi connectivity index (χ0n) is 10.5. The Morgan fingerprint density at radius 3 is 2.47 bits per heavy atom. The average Bonchev–Trinajstić information content (AvgIpc) is 2.22. The Balaban J connectivity index is 2.42. The van der Waals surface area contributed by atoms with Crippen LogP contribution in [-0.2, 0) is 4.79 Å². The Labute approximate surface area is 102 Å². The van der Waals surface area contributed by atoms with Crippen molar-refractivity contribution in [1.29, 1.82) is 0 Å². The molecule has 0 bridgehead atoms. The van der Waals surface area contributed by atoms with Crippen molar-refractivity contribution in [2.24, 2.45) is 0 Å². The van der Waals surface area contributed by atoms with Gasteiger partial charge in [-0.15, -0.1) is 0 Å². The predicted octanol–water partition coefficient (Wildman–Crippen LogP) is 1.18. The van der Waals surface area contributed by atoms with Crippen molar-refractivity contribution in [1.82, 2.24) is 5.32 Å². The molecule has 0 aliphatic rings. The fourth-order valence-corrected chi connectivity index (χ4v) is 1.48. The van der Waals surface area contributed by atoms with Gasteiger partial charge in [0.1, 0.15) is 5.75 Å². The number of aliphatic hydroxyl groups excluding tert-OH is 1. The van der Waals surface area contributed by atoms with Crippen LogP contribution in [0.5, 0.6) is 5.75 Å². The number of hydrogen-bond acceptors (Lipinski definition) is 3. The highest BCUT2D eigenvalue weighted by Gasteiger charge is 2.04. The number of rotatable bonds is 5. The lowest BCUT2D eigenvalue weighted by Gasteiger charge is -2.09. The number of carbonyl (C=O) groups is 1. The van der Waals surface area contributed by atoms with Crippen molar-refractivity contribution in [2.45, 2.75) is 26.9 Å². The molecule has 17 heavy (non-hydrogen) atoms. The lowest BCUT2D eigenvalue weighted by atomic mass is 10.1. The molecule has 1 aromatic carbocycles. The quantitative estimate of drug-likeness (QED) is 0.808. The van der Waals surface area contributed by atoms with E-state index in [0.717, 1.165) is 11.1 Å². The van der Waals surface area contributed by atoms with Gasteiger partial charge in [-0.1, -0.05) is 6.07 Å². The van der Waals surface area contributed by atoms with Crippen LogP contribution in [0.3, 0.4) is 0 Å². The van der Waals surface area contributed by atoms with Crippen LogP contribution in [0.2, 0.25) is 0 Å². The normalized spacial score (nSPS) is 12.0. The summed E-state index contributed by atoms with van der Waals surface area (Å²) in [7, 11) is 0. The Morgan fingerprint density at radius 1 is 1.35 bits per heavy atom. The largest absolute Gasteiger partial charge is 0.484 e. The molecule has 0 heterocycles. The molecule has 0 unspecified atom stereocenters. The van der Waals surface area contributed by atoms with Crippen LogP contribution in [-0.4, -0.2) is 30.3 Å². The van der Waals surface area contributed by atoms with Crippen LogP contribution in [0.4, 0.5) is 0 Å². The van der Waals surface area contributed by atoms with Crippen LogP contribution >= 0.6 is 0 Å². The summed E-state index contributed by atoms with van der Waals surface area (Å²) in [5.41, 5.74) is 2.20. The fraction of sp³-hybridized carbons (Fsp3) is 0.462. The summed E-state index contributed by atoms with van der Waals surface area (Å²) in [5.74, 6) is 0.458. The van der Waals surface area contributed by atoms with Gasteiger partial charge in [-0.05, 0) is 44.0 Å². The smallest absolute Gasteiger partial charge is 0.258 e. The molecule has 1 aromatic rings. The van der Waals surface area contributed by atoms with Crippen LogP contribution in [0.1, 0.15) is 18.1 Å². The minimum Gasteiger partial charge on any atom is -0.484 e. The van der Waals surface area contributed by atoms with Crippen molar-refractivity contribution >= 4 is 5.91 Å². The lowest BCUT2D eigenvalue weighted by Crippen LogP contribution is -2.34. The minimum absolute atomic E-state index is 0.0321. The first kappa shape index (κ1) is 13.5. The van der Waals surface area contributed by atoms with Crippen LogP contribution < -0.4 is 10.1 Å². The molecular formula is C13H19NO3. The van der Waals surface area contributed by atoms with Crippen LogP contribution in [0, 0.1) is 13.8 Å². The highest BCUT2D eigenvalue weighted by molar-refractivity contribution is 5.77. The maximum Gasteiger partial charge on any atom is 0.258 e. The van der Waals surface area contributed by atoms with Gasteiger partial charge in [-0.25, -0.2) is 0 Å². The highest BCUT2D eigenvalue weighted by atomic mass is 16.5. The number of aliphatic hydroxyl groups is 1. The standard InChI is InChI=1S/C13H19NO3/c1-9-4-10(2)6-12(5-9)17-8-13(16)14-7-11(3)15/h4-6,11,15H,7-8H2,1-3H3,(H,14,16)/t11-/m1/s1. The first-order valence-corrected chi connectivity index (χ1v) is 5.63. The maximum atomic E-state index is 11.3. The molecule has 0 fully saturated rings. The van der Waals surface area contributed by atoms with E-state index in [2.05, 4.69) is 5.32 Å². The third kappa shape index (κ3) is 5.36. The SMILES string of the molecule is Cc1cc(C)cc(OCC(=O)NC[C@@H](C)O)c1. The molecule has 2 N–H and O–H groups in total. The summed E-state index contributed by atoms with van der Waals surface area (Å²) < 4.78 is 5.37. The minimum atomic E-state index is -0.542. The number of hydrogen-bond donors (Lipinski definition) is 2. The zero-order valence-corrected chi connectivity index (χ0v) is 10.5. The topological polar surface area (TPSA) is 58.6 Å². The number of nitrogens with one attached hydrogen (secondary N) is 1. The molecule has 0 aliphatic heterocycles. The van der Waals surface area contributed by atoms with Gasteiger partial charge >= 0.3 is 0 Å². The van der Waals surface area contributed by atoms with Crippen molar-refractivity contribution in [3.05, 3.63) is 29.3 Å². The monoisotopic (exact) mass is 237 g/mol. The van der Waals surface area contributed by atoms with Crippen molar-refractivity contribution < 1.29 is 14.6 Å². The first-order valence-electron chi connectivity index (χ1n) is 5.63. The van der Waals surface area contributed by atoms with E-state index in [0.29, 0.717) is 5.75 Å². The second-order valence-electron chi connectivity index (χ2n) is 4.27. The summed E-state index contributed by atoms with van der Waals surface area (Å²) in [4.78, 5) is 11.3. The number of benzene rings is 1. The summed E-state index contributed by atoms with van der Waals surface area (Å²) in [5, 5.41) is 11.6. The van der Waals surface area contributed by atoms with Crippen molar-refractivity contribution in [3.63, 3.8) is 0 Å². The zero-order chi connectivity index (χ0) is 12.8. The fourth-order valence-electron chi connectivity index (χ4n) is 1.48. The molecule has 0 aliphatic carbocycles. The summed E-state index contributed by atoms with van der Waals surface area (Å²) in [6, 6.07) is 5.81. The molecule has 0 aromatic heterocycles. The van der Waals surface area contributed by atoms with Crippen molar-refractivity contribution in [2.75, 3.05) is 13.2 Å². The van der Waals surface area contributed by atoms with E-state index in [1.807, 2.05) is 32.0 Å².